The number of hydrogen-bond acceptors (Lipinski definition) is 4. The second-order valence-electron chi connectivity index (χ2n) is 2.60. The molecule has 0 spiro atoms. The molecular weight excluding hydrogens is 214 g/mol. The molecule has 0 aliphatic carbocycles. The number of nitrogens with zero attached hydrogens (tertiary/aromatic N) is 1. The molecule has 0 unspecified atom stereocenters. The Hall–Kier alpha value is -1.71. The quantitative estimate of drug-likeness (QED) is 0.525. The largest absolute Gasteiger partial charge is 0.343 e. The third kappa shape index (κ3) is 3.16. The first-order valence-corrected chi connectivity index (χ1v) is 4.45. The molecule has 6 heteroatoms. The topological polar surface area (TPSA) is 74.2 Å². The van der Waals surface area contributed by atoms with Gasteiger partial charge in [-0.05, 0) is 18.2 Å². The summed E-state index contributed by atoms with van der Waals surface area (Å²) in [4.78, 5) is 16.0. The van der Waals surface area contributed by atoms with E-state index in [-0.39, 0.29) is 0 Å². The van der Waals surface area contributed by atoms with E-state index in [1.54, 1.807) is 18.2 Å². The first kappa shape index (κ1) is 11.4. The van der Waals surface area contributed by atoms with Gasteiger partial charge in [-0.1, -0.05) is 0 Å². The van der Waals surface area contributed by atoms with Crippen LogP contribution in [0.2, 0.25) is 0 Å². The lowest BCUT2D eigenvalue weighted by Gasteiger charge is -2.07. The predicted octanol–water partition coefficient (Wildman–Crippen LogP) is 1.53. The van der Waals surface area contributed by atoms with Gasteiger partial charge in [-0.2, -0.15) is 5.26 Å². The number of hydrogen-bond donors (Lipinski definition) is 3. The van der Waals surface area contributed by atoms with E-state index < -0.39 is 6.03 Å². The number of amides is 2. The Morgan fingerprint density at radius 3 is 2.87 bits per heavy atom. The van der Waals surface area contributed by atoms with E-state index in [9.17, 15) is 4.79 Å². The van der Waals surface area contributed by atoms with E-state index in [2.05, 4.69) is 28.3 Å². The van der Waals surface area contributed by atoms with Crippen LogP contribution < -0.4 is 10.8 Å². The van der Waals surface area contributed by atoms with E-state index in [0.717, 1.165) is 0 Å². The Morgan fingerprint density at radius 1 is 1.60 bits per heavy atom. The molecule has 0 aliphatic heterocycles. The number of rotatable bonds is 2. The summed E-state index contributed by atoms with van der Waals surface area (Å²) >= 11 is 4.13. The van der Waals surface area contributed by atoms with Crippen molar-refractivity contribution in [3.05, 3.63) is 23.8 Å². The molecule has 0 radical (unpaired) electrons. The normalized spacial score (nSPS) is 9.13. The van der Waals surface area contributed by atoms with Crippen LogP contribution in [0.3, 0.4) is 0 Å². The molecule has 1 rings (SSSR count). The fourth-order valence-electron chi connectivity index (χ4n) is 0.947. The molecule has 0 atom stereocenters. The Bertz CT molecular complexity index is 414. The van der Waals surface area contributed by atoms with Crippen LogP contribution in [0.4, 0.5) is 10.5 Å². The summed E-state index contributed by atoms with van der Waals surface area (Å²) in [6, 6.07) is 6.21. The average molecular weight is 223 g/mol. The molecule has 2 N–H and O–H groups in total. The van der Waals surface area contributed by atoms with Crippen LogP contribution in [0.5, 0.6) is 0 Å². The molecule has 1 aromatic rings. The van der Waals surface area contributed by atoms with Crippen molar-refractivity contribution in [3.8, 4) is 6.07 Å². The number of carbonyl (C=O) groups is 1. The molecule has 0 heterocycles. The lowest BCUT2D eigenvalue weighted by molar-refractivity contribution is 0.114. The fourth-order valence-corrected chi connectivity index (χ4v) is 1.22. The molecule has 1 aromatic carbocycles. The van der Waals surface area contributed by atoms with Crippen molar-refractivity contribution in [2.24, 2.45) is 0 Å². The summed E-state index contributed by atoms with van der Waals surface area (Å²) in [6.45, 7) is 0. The van der Waals surface area contributed by atoms with Crippen LogP contribution in [0.25, 0.3) is 0 Å². The summed E-state index contributed by atoms with van der Waals surface area (Å²) in [5, 5.41) is 11.1. The second kappa shape index (κ2) is 5.24. The smallest absolute Gasteiger partial charge is 0.305 e. The van der Waals surface area contributed by atoms with Gasteiger partial charge in [0.1, 0.15) is 0 Å². The summed E-state index contributed by atoms with van der Waals surface area (Å²) in [5.74, 6) is 0. The van der Waals surface area contributed by atoms with Crippen molar-refractivity contribution in [3.63, 3.8) is 0 Å². The highest BCUT2D eigenvalue weighted by Crippen LogP contribution is 2.20. The van der Waals surface area contributed by atoms with E-state index in [1.807, 2.05) is 6.07 Å². The zero-order valence-electron chi connectivity index (χ0n) is 7.94. The van der Waals surface area contributed by atoms with Gasteiger partial charge in [0.15, 0.2) is 0 Å². The molecule has 0 fully saturated rings. The molecular formula is C9H9N3O2S. The summed E-state index contributed by atoms with van der Waals surface area (Å²) in [7, 11) is 1.33. The van der Waals surface area contributed by atoms with Gasteiger partial charge in [0.25, 0.3) is 0 Å². The second-order valence-corrected chi connectivity index (χ2v) is 3.09. The van der Waals surface area contributed by atoms with Crippen LogP contribution >= 0.6 is 12.6 Å². The van der Waals surface area contributed by atoms with E-state index in [1.165, 1.54) is 7.11 Å². The van der Waals surface area contributed by atoms with Crippen molar-refractivity contribution < 1.29 is 9.63 Å². The van der Waals surface area contributed by atoms with Gasteiger partial charge in [-0.15, -0.1) is 12.6 Å². The summed E-state index contributed by atoms with van der Waals surface area (Å²) in [6.07, 6.45) is 0. The van der Waals surface area contributed by atoms with Gasteiger partial charge < -0.3 is 5.32 Å². The first-order chi connectivity index (χ1) is 7.17. The van der Waals surface area contributed by atoms with Crippen molar-refractivity contribution in [1.82, 2.24) is 5.48 Å². The van der Waals surface area contributed by atoms with Crippen molar-refractivity contribution in [2.45, 2.75) is 4.90 Å². The van der Waals surface area contributed by atoms with Crippen LogP contribution in [-0.2, 0) is 4.84 Å². The van der Waals surface area contributed by atoms with Gasteiger partial charge in [0, 0.05) is 4.90 Å². The average Bonchev–Trinajstić information content (AvgIpc) is 2.21. The standard InChI is InChI=1S/C9H9N3O2S/c1-14-12-9(13)11-7-3-2-6(5-10)4-8(7)15/h2-4,15H,1H3,(H2,11,12,13). The van der Waals surface area contributed by atoms with Gasteiger partial charge in [-0.25, -0.2) is 10.3 Å². The van der Waals surface area contributed by atoms with Gasteiger partial charge >= 0.3 is 6.03 Å². The molecule has 0 aromatic heterocycles. The molecule has 5 nitrogen and oxygen atoms in total. The van der Waals surface area contributed by atoms with Crippen molar-refractivity contribution in [2.75, 3.05) is 12.4 Å². The lowest BCUT2D eigenvalue weighted by Crippen LogP contribution is -2.27. The van der Waals surface area contributed by atoms with Gasteiger partial charge in [-0.3, -0.25) is 4.84 Å². The van der Waals surface area contributed by atoms with Crippen LogP contribution in [-0.4, -0.2) is 13.1 Å². The van der Waals surface area contributed by atoms with Crippen molar-refractivity contribution in [1.29, 1.82) is 5.26 Å². The minimum absolute atomic E-state index is 0.484. The summed E-state index contributed by atoms with van der Waals surface area (Å²) < 4.78 is 0. The maximum absolute atomic E-state index is 11.1. The number of nitrogens with one attached hydrogen (secondary N) is 2. The fraction of sp³-hybridized carbons (Fsp3) is 0.111. The number of anilines is 1. The van der Waals surface area contributed by atoms with E-state index >= 15 is 0 Å². The van der Waals surface area contributed by atoms with E-state index in [0.29, 0.717) is 16.1 Å². The minimum atomic E-state index is -0.502. The molecule has 0 saturated heterocycles. The number of thiol groups is 1. The zero-order valence-corrected chi connectivity index (χ0v) is 8.84. The number of urea groups is 1. The highest BCUT2D eigenvalue weighted by Gasteiger charge is 2.04. The Kier molecular flexibility index (Phi) is 3.97. The molecule has 0 saturated carbocycles. The first-order valence-electron chi connectivity index (χ1n) is 4.00. The number of nitriles is 1. The molecule has 2 amide bonds. The Morgan fingerprint density at radius 2 is 2.33 bits per heavy atom. The minimum Gasteiger partial charge on any atom is -0.305 e. The Balaban J connectivity index is 2.79. The van der Waals surface area contributed by atoms with Crippen LogP contribution in [0, 0.1) is 11.3 Å². The SMILES string of the molecule is CONC(=O)Nc1ccc(C#N)cc1S. The van der Waals surface area contributed by atoms with Gasteiger partial charge in [0.2, 0.25) is 0 Å². The highest BCUT2D eigenvalue weighted by molar-refractivity contribution is 7.80. The predicted molar refractivity (Wildman–Crippen MR) is 57.6 cm³/mol. The van der Waals surface area contributed by atoms with E-state index in [4.69, 9.17) is 5.26 Å². The number of benzene rings is 1. The zero-order chi connectivity index (χ0) is 11.3. The van der Waals surface area contributed by atoms with Crippen molar-refractivity contribution >= 4 is 24.3 Å². The van der Waals surface area contributed by atoms with Gasteiger partial charge in [0.05, 0.1) is 24.4 Å². The van der Waals surface area contributed by atoms with Crippen LogP contribution in [0.15, 0.2) is 23.1 Å². The molecule has 0 aliphatic rings. The molecule has 0 bridgehead atoms. The number of hydroxylamine groups is 1. The number of carbonyl (C=O) groups excluding carboxylic acids is 1. The van der Waals surface area contributed by atoms with Crippen LogP contribution in [0.1, 0.15) is 5.56 Å². The molecule has 78 valence electrons. The maximum atomic E-state index is 11.1. The third-order valence-corrected chi connectivity index (χ3v) is 1.94. The Labute approximate surface area is 92.4 Å². The lowest BCUT2D eigenvalue weighted by atomic mass is 10.2. The summed E-state index contributed by atoms with van der Waals surface area (Å²) in [5.41, 5.74) is 3.09. The monoisotopic (exact) mass is 223 g/mol. The molecule has 15 heavy (non-hydrogen) atoms. The maximum Gasteiger partial charge on any atom is 0.343 e. The highest BCUT2D eigenvalue weighted by atomic mass is 32.1. The third-order valence-electron chi connectivity index (χ3n) is 1.57.